The molecule has 0 aromatic heterocycles. The van der Waals surface area contributed by atoms with Crippen molar-refractivity contribution in [3.63, 3.8) is 0 Å². The normalized spacial score (nSPS) is 25.0. The van der Waals surface area contributed by atoms with E-state index in [0.29, 0.717) is 6.42 Å². The summed E-state index contributed by atoms with van der Waals surface area (Å²) in [6.45, 7) is 6.22. The molecule has 0 amide bonds. The van der Waals surface area contributed by atoms with Crippen LogP contribution in [0.4, 0.5) is 0 Å². The van der Waals surface area contributed by atoms with Crippen molar-refractivity contribution in [3.8, 4) is 0 Å². The van der Waals surface area contributed by atoms with Gasteiger partial charge in [-0.25, -0.2) is 0 Å². The van der Waals surface area contributed by atoms with Gasteiger partial charge in [0.2, 0.25) is 0 Å². The minimum Gasteiger partial charge on any atom is -0.497 e. The fourth-order valence-corrected chi connectivity index (χ4v) is 1.02. The van der Waals surface area contributed by atoms with Crippen molar-refractivity contribution in [1.29, 1.82) is 0 Å². The van der Waals surface area contributed by atoms with Crippen LogP contribution in [0.1, 0.15) is 27.2 Å². The lowest BCUT2D eigenvalue weighted by Crippen LogP contribution is -2.31. The van der Waals surface area contributed by atoms with Gasteiger partial charge >= 0.3 is 0 Å². The molecule has 0 unspecified atom stereocenters. The van der Waals surface area contributed by atoms with Gasteiger partial charge in [-0.1, -0.05) is 20.8 Å². The molecule has 0 N–H and O–H groups in total. The van der Waals surface area contributed by atoms with Gasteiger partial charge in [0.05, 0.1) is 6.26 Å². The predicted octanol–water partition coefficient (Wildman–Crippen LogP) is 1.90. The highest BCUT2D eigenvalue weighted by Crippen LogP contribution is 2.27. The molecule has 0 saturated heterocycles. The van der Waals surface area contributed by atoms with E-state index in [1.165, 1.54) is 12.3 Å². The van der Waals surface area contributed by atoms with Gasteiger partial charge < -0.3 is 4.74 Å². The molecule has 0 aromatic carbocycles. The van der Waals surface area contributed by atoms with E-state index in [1.807, 2.05) is 0 Å². The monoisotopic (exact) mass is 154 g/mol. The largest absolute Gasteiger partial charge is 0.497 e. The molecule has 2 nitrogen and oxygen atoms in total. The van der Waals surface area contributed by atoms with Crippen LogP contribution < -0.4 is 0 Å². The highest BCUT2D eigenvalue weighted by molar-refractivity contribution is 5.90. The molecule has 0 bridgehead atoms. The summed E-state index contributed by atoms with van der Waals surface area (Å²) >= 11 is 0. The molecule has 0 radical (unpaired) electrons. The van der Waals surface area contributed by atoms with Gasteiger partial charge in [0, 0.05) is 12.5 Å². The first-order chi connectivity index (χ1) is 5.00. The highest BCUT2D eigenvalue weighted by Gasteiger charge is 2.28. The van der Waals surface area contributed by atoms with Crippen molar-refractivity contribution in [1.82, 2.24) is 0 Å². The molecule has 1 aliphatic rings. The molecule has 1 aliphatic heterocycles. The Hall–Kier alpha value is -0.790. The summed E-state index contributed by atoms with van der Waals surface area (Å²) in [7, 11) is 0. The van der Waals surface area contributed by atoms with Crippen molar-refractivity contribution >= 4 is 5.78 Å². The van der Waals surface area contributed by atoms with Crippen molar-refractivity contribution in [2.75, 3.05) is 0 Å². The summed E-state index contributed by atoms with van der Waals surface area (Å²) in [6, 6.07) is 0. The van der Waals surface area contributed by atoms with Crippen LogP contribution in [-0.2, 0) is 9.53 Å². The Balaban J connectivity index is 2.64. The summed E-state index contributed by atoms with van der Waals surface area (Å²) < 4.78 is 5.31. The molecule has 1 atom stereocenters. The maximum atomic E-state index is 11.0. The van der Waals surface area contributed by atoms with E-state index in [0.717, 1.165) is 0 Å². The molecule has 0 aliphatic carbocycles. The second-order valence-corrected chi connectivity index (χ2v) is 3.96. The number of ketones is 1. The maximum absolute atomic E-state index is 11.0. The summed E-state index contributed by atoms with van der Waals surface area (Å²) in [5, 5.41) is 0. The lowest BCUT2D eigenvalue weighted by Gasteiger charge is -2.30. The Morgan fingerprint density at radius 1 is 1.55 bits per heavy atom. The fourth-order valence-electron chi connectivity index (χ4n) is 1.02. The van der Waals surface area contributed by atoms with Crippen LogP contribution in [0.25, 0.3) is 0 Å². The molecule has 1 rings (SSSR count). The van der Waals surface area contributed by atoms with Gasteiger partial charge in [0.1, 0.15) is 6.10 Å². The molecular weight excluding hydrogens is 140 g/mol. The Bertz CT molecular complexity index is 186. The molecule has 0 fully saturated rings. The van der Waals surface area contributed by atoms with Gasteiger partial charge in [0.15, 0.2) is 5.78 Å². The quantitative estimate of drug-likeness (QED) is 0.532. The van der Waals surface area contributed by atoms with E-state index in [-0.39, 0.29) is 17.3 Å². The smallest absolute Gasteiger partial charge is 0.162 e. The number of carbonyl (C=O) groups excluding carboxylic acids is 1. The van der Waals surface area contributed by atoms with Gasteiger partial charge in [-0.15, -0.1) is 0 Å². The minimum atomic E-state index is 0.0417. The predicted molar refractivity (Wildman–Crippen MR) is 43.1 cm³/mol. The Labute approximate surface area is 67.2 Å². The summed E-state index contributed by atoms with van der Waals surface area (Å²) in [6.07, 6.45) is 3.55. The van der Waals surface area contributed by atoms with E-state index >= 15 is 0 Å². The lowest BCUT2D eigenvalue weighted by atomic mass is 9.85. The molecular formula is C9H14O2. The molecule has 62 valence electrons. The zero-order chi connectivity index (χ0) is 8.48. The van der Waals surface area contributed by atoms with Crippen molar-refractivity contribution in [2.24, 2.45) is 5.41 Å². The van der Waals surface area contributed by atoms with Crippen LogP contribution in [0, 0.1) is 5.41 Å². The number of allylic oxidation sites excluding steroid dienone is 1. The second-order valence-electron chi connectivity index (χ2n) is 3.96. The fraction of sp³-hybridized carbons (Fsp3) is 0.667. The van der Waals surface area contributed by atoms with Crippen LogP contribution in [0.15, 0.2) is 12.3 Å². The summed E-state index contributed by atoms with van der Waals surface area (Å²) in [5.41, 5.74) is 0.0560. The zero-order valence-corrected chi connectivity index (χ0v) is 7.26. The van der Waals surface area contributed by atoms with Gasteiger partial charge in [-0.05, 0) is 5.41 Å². The topological polar surface area (TPSA) is 26.3 Å². The molecule has 0 aromatic rings. The first-order valence-corrected chi connectivity index (χ1v) is 3.85. The first-order valence-electron chi connectivity index (χ1n) is 3.85. The number of rotatable bonds is 0. The number of carbonyl (C=O) groups is 1. The van der Waals surface area contributed by atoms with E-state index in [1.54, 1.807) is 0 Å². The zero-order valence-electron chi connectivity index (χ0n) is 7.26. The summed E-state index contributed by atoms with van der Waals surface area (Å²) in [4.78, 5) is 11.0. The van der Waals surface area contributed by atoms with E-state index in [9.17, 15) is 4.79 Å². The Morgan fingerprint density at radius 3 is 2.55 bits per heavy atom. The van der Waals surface area contributed by atoms with Crippen LogP contribution >= 0.6 is 0 Å². The van der Waals surface area contributed by atoms with Crippen LogP contribution in [0.5, 0.6) is 0 Å². The SMILES string of the molecule is CC(C)(C)[C@@H]1CC(=O)C=CO1. The molecule has 11 heavy (non-hydrogen) atoms. The van der Waals surface area contributed by atoms with E-state index in [4.69, 9.17) is 4.74 Å². The lowest BCUT2D eigenvalue weighted by molar-refractivity contribution is -0.120. The van der Waals surface area contributed by atoms with Crippen molar-refractivity contribution in [2.45, 2.75) is 33.3 Å². The average Bonchev–Trinajstić information content (AvgIpc) is 1.86. The third kappa shape index (κ3) is 2.07. The molecule has 1 heterocycles. The van der Waals surface area contributed by atoms with Gasteiger partial charge in [-0.2, -0.15) is 0 Å². The molecule has 0 spiro atoms. The third-order valence-electron chi connectivity index (χ3n) is 1.85. The van der Waals surface area contributed by atoms with E-state index < -0.39 is 0 Å². The van der Waals surface area contributed by atoms with Gasteiger partial charge in [-0.3, -0.25) is 4.79 Å². The highest BCUT2D eigenvalue weighted by atomic mass is 16.5. The van der Waals surface area contributed by atoms with Crippen LogP contribution in [-0.4, -0.2) is 11.9 Å². The Morgan fingerprint density at radius 2 is 2.18 bits per heavy atom. The number of ether oxygens (including phenoxy) is 1. The molecule has 2 heteroatoms. The van der Waals surface area contributed by atoms with Crippen LogP contribution in [0.2, 0.25) is 0 Å². The number of hydrogen-bond donors (Lipinski definition) is 0. The Kier molecular flexibility index (Phi) is 2.03. The average molecular weight is 154 g/mol. The van der Waals surface area contributed by atoms with E-state index in [2.05, 4.69) is 20.8 Å². The molecule has 0 saturated carbocycles. The first kappa shape index (κ1) is 8.31. The third-order valence-corrected chi connectivity index (χ3v) is 1.85. The van der Waals surface area contributed by atoms with Crippen LogP contribution in [0.3, 0.4) is 0 Å². The standard InChI is InChI=1S/C9H14O2/c1-9(2,3)8-6-7(10)4-5-11-8/h4-5,8H,6H2,1-3H3/t8-/m0/s1. The number of hydrogen-bond acceptors (Lipinski definition) is 2. The van der Waals surface area contributed by atoms with Crippen molar-refractivity contribution < 1.29 is 9.53 Å². The maximum Gasteiger partial charge on any atom is 0.162 e. The summed E-state index contributed by atoms with van der Waals surface area (Å²) in [5.74, 6) is 0.163. The van der Waals surface area contributed by atoms with Gasteiger partial charge in [0.25, 0.3) is 0 Å². The van der Waals surface area contributed by atoms with Crippen molar-refractivity contribution in [3.05, 3.63) is 12.3 Å². The second kappa shape index (κ2) is 2.68. The minimum absolute atomic E-state index is 0.0417.